The van der Waals surface area contributed by atoms with Crippen LogP contribution in [0, 0.1) is 16.0 Å². The van der Waals surface area contributed by atoms with E-state index in [1.54, 1.807) is 12.1 Å². The van der Waals surface area contributed by atoms with Crippen LogP contribution in [0.2, 0.25) is 0 Å². The third-order valence-corrected chi connectivity index (χ3v) is 3.78. The molecule has 108 valence electrons. The van der Waals surface area contributed by atoms with Crippen LogP contribution in [-0.4, -0.2) is 33.8 Å². The number of hydrogen-bond donors (Lipinski definition) is 1. The quantitative estimate of drug-likeness (QED) is 0.521. The van der Waals surface area contributed by atoms with Crippen LogP contribution in [0.3, 0.4) is 0 Å². The highest BCUT2D eigenvalue weighted by molar-refractivity contribution is 5.87. The highest BCUT2D eigenvalue weighted by Gasteiger charge is 2.24. The molecule has 0 spiro atoms. The molecule has 1 aromatic carbocycles. The van der Waals surface area contributed by atoms with Crippen LogP contribution < -0.4 is 0 Å². The van der Waals surface area contributed by atoms with Crippen LogP contribution in [0.1, 0.15) is 25.3 Å². The summed E-state index contributed by atoms with van der Waals surface area (Å²) in [5.41, 5.74) is 1.94. The molecule has 6 nitrogen and oxygen atoms in total. The topological polar surface area (TPSA) is 79.0 Å². The maximum atomic E-state index is 10.8. The molecule has 0 bridgehead atoms. The van der Waals surface area contributed by atoms with E-state index in [0.29, 0.717) is 6.54 Å². The smallest absolute Gasteiger partial charge is 0.269 e. The minimum absolute atomic E-state index is 0.129. The van der Waals surface area contributed by atoms with Crippen LogP contribution in [-0.2, 0) is 6.54 Å². The van der Waals surface area contributed by atoms with Crippen molar-refractivity contribution in [2.45, 2.75) is 26.3 Å². The molecule has 0 amide bonds. The van der Waals surface area contributed by atoms with Gasteiger partial charge in [0.25, 0.3) is 5.69 Å². The largest absolute Gasteiger partial charge is 0.411 e. The zero-order chi connectivity index (χ0) is 14.5. The lowest BCUT2D eigenvalue weighted by atomic mass is 9.93. The van der Waals surface area contributed by atoms with Crippen molar-refractivity contribution in [2.75, 3.05) is 13.1 Å². The second-order valence-corrected chi connectivity index (χ2v) is 5.11. The van der Waals surface area contributed by atoms with E-state index in [9.17, 15) is 10.1 Å². The molecule has 0 aromatic heterocycles. The van der Waals surface area contributed by atoms with Crippen molar-refractivity contribution in [2.24, 2.45) is 11.1 Å². The van der Waals surface area contributed by atoms with Gasteiger partial charge in [-0.15, -0.1) is 0 Å². The van der Waals surface area contributed by atoms with E-state index >= 15 is 0 Å². The minimum atomic E-state index is -0.370. The molecule has 1 N–H and O–H groups in total. The molecule has 1 heterocycles. The van der Waals surface area contributed by atoms with Gasteiger partial charge in [0.15, 0.2) is 0 Å². The van der Waals surface area contributed by atoms with E-state index in [4.69, 9.17) is 5.21 Å². The third-order valence-electron chi connectivity index (χ3n) is 3.78. The summed E-state index contributed by atoms with van der Waals surface area (Å²) in [5, 5.41) is 23.1. The lowest BCUT2D eigenvalue weighted by Crippen LogP contribution is -2.40. The molecule has 1 aliphatic heterocycles. The summed E-state index contributed by atoms with van der Waals surface area (Å²) in [6.07, 6.45) is 1.69. The van der Waals surface area contributed by atoms with Crippen molar-refractivity contribution in [3.63, 3.8) is 0 Å². The highest BCUT2D eigenvalue weighted by Crippen LogP contribution is 2.21. The summed E-state index contributed by atoms with van der Waals surface area (Å²) >= 11 is 0. The normalized spacial score (nSPS) is 22.1. The summed E-state index contributed by atoms with van der Waals surface area (Å²) in [7, 11) is 0. The Morgan fingerprint density at radius 3 is 3.00 bits per heavy atom. The Kier molecular flexibility index (Phi) is 4.68. The average molecular weight is 277 g/mol. The number of rotatable bonds is 4. The van der Waals surface area contributed by atoms with Crippen molar-refractivity contribution < 1.29 is 10.1 Å². The number of piperidine rings is 1. The Hall–Kier alpha value is -1.95. The molecule has 1 unspecified atom stereocenters. The maximum absolute atomic E-state index is 10.8. The number of oxime groups is 1. The molecular weight excluding hydrogens is 258 g/mol. The summed E-state index contributed by atoms with van der Waals surface area (Å²) < 4.78 is 0. The van der Waals surface area contributed by atoms with Gasteiger partial charge in [-0.3, -0.25) is 15.0 Å². The molecule has 20 heavy (non-hydrogen) atoms. The molecule has 1 atom stereocenters. The predicted octanol–water partition coefficient (Wildman–Crippen LogP) is 2.66. The van der Waals surface area contributed by atoms with Crippen molar-refractivity contribution in [3.05, 3.63) is 39.9 Å². The summed E-state index contributed by atoms with van der Waals surface area (Å²) in [4.78, 5) is 12.7. The van der Waals surface area contributed by atoms with Crippen molar-refractivity contribution in [3.8, 4) is 0 Å². The molecule has 2 rings (SSSR count). The maximum Gasteiger partial charge on any atom is 0.269 e. The number of likely N-dealkylation sites (tertiary alicyclic amines) is 1. The fraction of sp³-hybridized carbons (Fsp3) is 0.500. The van der Waals surface area contributed by atoms with Gasteiger partial charge in [-0.1, -0.05) is 24.2 Å². The Balaban J connectivity index is 2.04. The monoisotopic (exact) mass is 277 g/mol. The summed E-state index contributed by atoms with van der Waals surface area (Å²) in [6, 6.07) is 6.75. The van der Waals surface area contributed by atoms with Crippen LogP contribution in [0.5, 0.6) is 0 Å². The zero-order valence-electron chi connectivity index (χ0n) is 11.5. The van der Waals surface area contributed by atoms with Gasteiger partial charge in [0.05, 0.1) is 10.6 Å². The first-order valence-corrected chi connectivity index (χ1v) is 6.80. The predicted molar refractivity (Wildman–Crippen MR) is 76.0 cm³/mol. The van der Waals surface area contributed by atoms with Crippen LogP contribution >= 0.6 is 0 Å². The Morgan fingerprint density at radius 2 is 2.35 bits per heavy atom. The third kappa shape index (κ3) is 3.33. The average Bonchev–Trinajstić information content (AvgIpc) is 2.47. The molecule has 1 aliphatic rings. The number of nitrogens with zero attached hydrogens (tertiary/aromatic N) is 3. The van der Waals surface area contributed by atoms with Gasteiger partial charge >= 0.3 is 0 Å². The van der Waals surface area contributed by atoms with Crippen LogP contribution in [0.4, 0.5) is 5.69 Å². The second-order valence-electron chi connectivity index (χ2n) is 5.11. The van der Waals surface area contributed by atoms with E-state index in [-0.39, 0.29) is 16.5 Å². The lowest BCUT2D eigenvalue weighted by molar-refractivity contribution is -0.384. The Labute approximate surface area is 117 Å². The number of benzene rings is 1. The first-order chi connectivity index (χ1) is 9.63. The second kappa shape index (κ2) is 6.47. The van der Waals surface area contributed by atoms with Gasteiger partial charge in [0, 0.05) is 44.1 Å². The van der Waals surface area contributed by atoms with Gasteiger partial charge in [0.1, 0.15) is 0 Å². The van der Waals surface area contributed by atoms with Crippen LogP contribution in [0.25, 0.3) is 0 Å². The van der Waals surface area contributed by atoms with E-state index in [1.807, 2.05) is 6.07 Å². The molecule has 1 fully saturated rings. The minimum Gasteiger partial charge on any atom is -0.411 e. The van der Waals surface area contributed by atoms with E-state index in [0.717, 1.165) is 37.2 Å². The molecule has 0 radical (unpaired) electrons. The molecule has 6 heteroatoms. The Morgan fingerprint density at radius 1 is 1.55 bits per heavy atom. The Bertz CT molecular complexity index is 516. The van der Waals surface area contributed by atoms with Gasteiger partial charge in [0.2, 0.25) is 0 Å². The first-order valence-electron chi connectivity index (χ1n) is 6.80. The van der Waals surface area contributed by atoms with Gasteiger partial charge in [-0.05, 0) is 12.0 Å². The van der Waals surface area contributed by atoms with Crippen molar-refractivity contribution >= 4 is 11.4 Å². The number of non-ortho nitro benzene ring substituents is 1. The van der Waals surface area contributed by atoms with Gasteiger partial charge < -0.3 is 5.21 Å². The SMILES string of the molecule is CCC1CN(Cc2cccc([N+](=O)[O-])c2)CC/C1=N\O. The first kappa shape index (κ1) is 14.5. The number of nitro benzene ring substituents is 1. The van der Waals surface area contributed by atoms with Crippen molar-refractivity contribution in [1.29, 1.82) is 0 Å². The van der Waals surface area contributed by atoms with E-state index < -0.39 is 0 Å². The molecule has 0 aliphatic carbocycles. The van der Waals surface area contributed by atoms with Crippen LogP contribution in [0.15, 0.2) is 29.4 Å². The molecule has 0 saturated carbocycles. The molecule has 1 aromatic rings. The van der Waals surface area contributed by atoms with Gasteiger partial charge in [-0.2, -0.15) is 0 Å². The summed E-state index contributed by atoms with van der Waals surface area (Å²) in [5.74, 6) is 0.271. The number of nitro groups is 1. The van der Waals surface area contributed by atoms with E-state index in [1.165, 1.54) is 6.07 Å². The van der Waals surface area contributed by atoms with Gasteiger partial charge in [-0.25, -0.2) is 0 Å². The standard InChI is InChI=1S/C14H19N3O3/c1-2-12-10-16(7-6-14(12)15-18)9-11-4-3-5-13(8-11)17(19)20/h3-5,8,12,18H,2,6-7,9-10H2,1H3/b15-14+. The van der Waals surface area contributed by atoms with E-state index in [2.05, 4.69) is 17.0 Å². The summed E-state index contributed by atoms with van der Waals surface area (Å²) in [6.45, 7) is 4.42. The molecular formula is C14H19N3O3. The highest BCUT2D eigenvalue weighted by atomic mass is 16.6. The zero-order valence-corrected chi connectivity index (χ0v) is 11.5. The number of hydrogen-bond acceptors (Lipinski definition) is 5. The van der Waals surface area contributed by atoms with Crippen molar-refractivity contribution in [1.82, 2.24) is 4.90 Å². The fourth-order valence-corrected chi connectivity index (χ4v) is 2.65. The fourth-order valence-electron chi connectivity index (χ4n) is 2.65. The molecule has 1 saturated heterocycles. The lowest BCUT2D eigenvalue weighted by Gasteiger charge is -2.32.